The molecule has 0 bridgehead atoms. The number of hydrogen-bond donors (Lipinski definition) is 5. The van der Waals surface area contributed by atoms with Crippen LogP contribution in [-0.2, 0) is 17.8 Å². The highest BCUT2D eigenvalue weighted by atomic mass is 16.4. The number of rotatable bonds is 5. The third-order valence-electron chi connectivity index (χ3n) is 6.67. The minimum atomic E-state index is -1.14. The lowest BCUT2D eigenvalue weighted by atomic mass is 10.0. The summed E-state index contributed by atoms with van der Waals surface area (Å²) >= 11 is 0. The predicted molar refractivity (Wildman–Crippen MR) is 128 cm³/mol. The van der Waals surface area contributed by atoms with Crippen LogP contribution < -0.4 is 16.3 Å². The van der Waals surface area contributed by atoms with Gasteiger partial charge in [-0.15, -0.1) is 0 Å². The molecule has 35 heavy (non-hydrogen) atoms. The average molecular weight is 479 g/mol. The second-order valence-electron chi connectivity index (χ2n) is 8.94. The zero-order valence-corrected chi connectivity index (χ0v) is 18.9. The van der Waals surface area contributed by atoms with Crippen molar-refractivity contribution in [2.45, 2.75) is 37.9 Å². The van der Waals surface area contributed by atoms with Gasteiger partial charge in [-0.05, 0) is 42.2 Å². The van der Waals surface area contributed by atoms with E-state index in [2.05, 4.69) is 20.6 Å². The van der Waals surface area contributed by atoms with Crippen molar-refractivity contribution in [1.29, 1.82) is 0 Å². The predicted octanol–water partition coefficient (Wildman–Crippen LogP) is 2.07. The zero-order chi connectivity index (χ0) is 24.5. The number of H-pyrrole nitrogens is 2. The number of carbonyl (C=O) groups excluding carboxylic acids is 2. The van der Waals surface area contributed by atoms with Gasteiger partial charge in [0.1, 0.15) is 6.04 Å². The number of likely N-dealkylation sites (tertiary alicyclic amines) is 1. The summed E-state index contributed by atoms with van der Waals surface area (Å²) in [6.45, 7) is 1.37. The summed E-state index contributed by atoms with van der Waals surface area (Å²) in [5, 5.41) is 15.2. The summed E-state index contributed by atoms with van der Waals surface area (Å²) in [4.78, 5) is 57.4. The van der Waals surface area contributed by atoms with E-state index >= 15 is 0 Å². The number of aliphatic carboxylic acids is 1. The van der Waals surface area contributed by atoms with E-state index in [0.717, 1.165) is 11.3 Å². The Bertz CT molecular complexity index is 1340. The molecule has 3 heterocycles. The lowest BCUT2D eigenvalue weighted by Gasteiger charge is -2.40. The maximum Gasteiger partial charge on any atom is 0.326 e. The van der Waals surface area contributed by atoms with E-state index in [-0.39, 0.29) is 24.2 Å². The number of anilines is 1. The Balaban J connectivity index is 1.18. The molecule has 0 radical (unpaired) electrons. The average Bonchev–Trinajstić information content (AvgIpc) is 3.22. The monoisotopic (exact) mass is 478 g/mol. The molecule has 1 saturated heterocycles. The van der Waals surface area contributed by atoms with E-state index in [0.29, 0.717) is 49.1 Å². The van der Waals surface area contributed by atoms with E-state index in [4.69, 9.17) is 0 Å². The number of piperidine rings is 1. The number of benzene rings is 2. The van der Waals surface area contributed by atoms with Crippen molar-refractivity contribution in [3.63, 3.8) is 0 Å². The van der Waals surface area contributed by atoms with Gasteiger partial charge < -0.3 is 35.5 Å². The van der Waals surface area contributed by atoms with Crippen LogP contribution in [-0.4, -0.2) is 68.1 Å². The maximum absolute atomic E-state index is 12.8. The molecule has 0 saturated carbocycles. The summed E-state index contributed by atoms with van der Waals surface area (Å²) < 4.78 is 0. The number of nitrogens with zero attached hydrogens (tertiary/aromatic N) is 2. The first-order valence-corrected chi connectivity index (χ1v) is 11.5. The standard InChI is InChI=1S/C24H26N6O5/c31-21(32)20(12-14-5-6-18-19(11-14)26-22(33)25-18)28-23(34)29-9-7-16(8-10-29)30-13-15-3-1-2-4-17(15)27-24(30)35/h1-6,11,16,20H,7-10,12-13H2,(H,27,35)(H,28,34)(H,31,32)(H2,25,26,33)/t20-/m1/s1. The molecule has 0 spiro atoms. The van der Waals surface area contributed by atoms with E-state index in [9.17, 15) is 24.3 Å². The summed E-state index contributed by atoms with van der Waals surface area (Å²) in [5.74, 6) is -1.14. The number of nitrogens with one attached hydrogen (secondary N) is 4. The largest absolute Gasteiger partial charge is 0.480 e. The summed E-state index contributed by atoms with van der Waals surface area (Å²) in [7, 11) is 0. The maximum atomic E-state index is 12.8. The van der Waals surface area contributed by atoms with Crippen molar-refractivity contribution in [3.05, 3.63) is 64.1 Å². The van der Waals surface area contributed by atoms with Crippen molar-refractivity contribution >= 4 is 34.8 Å². The molecule has 182 valence electrons. The highest BCUT2D eigenvalue weighted by Gasteiger charge is 2.33. The van der Waals surface area contributed by atoms with Gasteiger partial charge in [-0.1, -0.05) is 24.3 Å². The molecule has 5 N–H and O–H groups in total. The van der Waals surface area contributed by atoms with Gasteiger partial charge in [0.05, 0.1) is 11.0 Å². The molecule has 5 rings (SSSR count). The van der Waals surface area contributed by atoms with Crippen LogP contribution in [0.4, 0.5) is 15.3 Å². The number of carboxylic acid groups (broad SMARTS) is 1. The molecule has 1 atom stereocenters. The molecule has 0 aliphatic carbocycles. The number of carbonyl (C=O) groups is 3. The number of aromatic amines is 2. The summed E-state index contributed by atoms with van der Waals surface area (Å²) in [6, 6.07) is 11.1. The van der Waals surface area contributed by atoms with Gasteiger partial charge in [0.2, 0.25) is 0 Å². The van der Waals surface area contributed by atoms with Crippen LogP contribution in [0.2, 0.25) is 0 Å². The molecule has 11 nitrogen and oxygen atoms in total. The Kier molecular flexibility index (Phi) is 5.89. The number of hydrogen-bond acceptors (Lipinski definition) is 4. The smallest absolute Gasteiger partial charge is 0.326 e. The SMILES string of the molecule is O=C(O)[C@@H](Cc1ccc2[nH]c(=O)[nH]c2c1)NC(=O)N1CCC(N2Cc3ccccc3NC2=O)CC1. The van der Waals surface area contributed by atoms with Gasteiger partial charge in [0.25, 0.3) is 0 Å². The van der Waals surface area contributed by atoms with E-state index < -0.39 is 18.0 Å². The highest BCUT2D eigenvalue weighted by Crippen LogP contribution is 2.27. The number of urea groups is 2. The lowest BCUT2D eigenvalue weighted by Crippen LogP contribution is -2.54. The molecule has 11 heteroatoms. The van der Waals surface area contributed by atoms with E-state index in [1.165, 1.54) is 0 Å². The number of para-hydroxylation sites is 1. The fourth-order valence-electron chi connectivity index (χ4n) is 4.78. The summed E-state index contributed by atoms with van der Waals surface area (Å²) in [6.07, 6.45) is 1.30. The van der Waals surface area contributed by atoms with Crippen molar-refractivity contribution in [2.75, 3.05) is 18.4 Å². The molecule has 3 aromatic rings. The van der Waals surface area contributed by atoms with Crippen LogP contribution in [0.3, 0.4) is 0 Å². The quantitative estimate of drug-likeness (QED) is 0.380. The van der Waals surface area contributed by atoms with Gasteiger partial charge in [-0.25, -0.2) is 19.2 Å². The van der Waals surface area contributed by atoms with Gasteiger partial charge in [0, 0.05) is 37.8 Å². The van der Waals surface area contributed by atoms with Crippen LogP contribution in [0.1, 0.15) is 24.0 Å². The topological polar surface area (TPSA) is 151 Å². The van der Waals surface area contributed by atoms with E-state index in [1.54, 1.807) is 28.0 Å². The third kappa shape index (κ3) is 4.70. The second kappa shape index (κ2) is 9.16. The van der Waals surface area contributed by atoms with Gasteiger partial charge >= 0.3 is 23.7 Å². The Morgan fingerprint density at radius 3 is 2.57 bits per heavy atom. The highest BCUT2D eigenvalue weighted by molar-refractivity contribution is 5.92. The molecule has 2 aromatic carbocycles. The Hall–Kier alpha value is -4.28. The van der Waals surface area contributed by atoms with Crippen LogP contribution >= 0.6 is 0 Å². The minimum Gasteiger partial charge on any atom is -0.480 e. The number of carboxylic acids is 1. The Morgan fingerprint density at radius 1 is 1.06 bits per heavy atom. The number of fused-ring (bicyclic) bond motifs is 2. The first kappa shape index (κ1) is 22.5. The molecule has 4 amide bonds. The number of imidazole rings is 1. The normalized spacial score (nSPS) is 17.1. The van der Waals surface area contributed by atoms with Gasteiger partial charge in [-0.2, -0.15) is 0 Å². The van der Waals surface area contributed by atoms with Crippen LogP contribution in [0.25, 0.3) is 11.0 Å². The van der Waals surface area contributed by atoms with Crippen LogP contribution in [0.5, 0.6) is 0 Å². The Labute approximate surface area is 200 Å². The second-order valence-corrected chi connectivity index (χ2v) is 8.94. The molecule has 1 aromatic heterocycles. The molecular weight excluding hydrogens is 452 g/mol. The third-order valence-corrected chi connectivity index (χ3v) is 6.67. The van der Waals surface area contributed by atoms with Crippen LogP contribution in [0.15, 0.2) is 47.3 Å². The Morgan fingerprint density at radius 2 is 1.80 bits per heavy atom. The first-order chi connectivity index (χ1) is 16.9. The molecule has 2 aliphatic heterocycles. The minimum absolute atomic E-state index is 0.00193. The van der Waals surface area contributed by atoms with Gasteiger partial charge in [0.15, 0.2) is 0 Å². The lowest BCUT2D eigenvalue weighted by molar-refractivity contribution is -0.139. The van der Waals surface area contributed by atoms with Crippen molar-refractivity contribution in [2.24, 2.45) is 0 Å². The fraction of sp³-hybridized carbons (Fsp3) is 0.333. The van der Waals surface area contributed by atoms with Crippen LogP contribution in [0, 0.1) is 0 Å². The number of amides is 4. The van der Waals surface area contributed by atoms with Crippen molar-refractivity contribution in [1.82, 2.24) is 25.1 Å². The molecule has 1 fully saturated rings. The zero-order valence-electron chi connectivity index (χ0n) is 18.9. The first-order valence-electron chi connectivity index (χ1n) is 11.5. The van der Waals surface area contributed by atoms with Crippen molar-refractivity contribution < 1.29 is 19.5 Å². The van der Waals surface area contributed by atoms with E-state index in [1.807, 2.05) is 24.3 Å². The fourth-order valence-corrected chi connectivity index (χ4v) is 4.78. The molecule has 2 aliphatic rings. The van der Waals surface area contributed by atoms with Crippen molar-refractivity contribution in [3.8, 4) is 0 Å². The number of aromatic nitrogens is 2. The summed E-state index contributed by atoms with van der Waals surface area (Å²) in [5.41, 5.74) is 3.43. The molecule has 0 unspecified atom stereocenters. The van der Waals surface area contributed by atoms with Gasteiger partial charge in [-0.3, -0.25) is 0 Å². The molecular formula is C24H26N6O5.